The van der Waals surface area contributed by atoms with E-state index >= 15 is 0 Å². The number of hydrogen-bond acceptors (Lipinski definition) is 5. The van der Waals surface area contributed by atoms with E-state index < -0.39 is 5.41 Å². The lowest BCUT2D eigenvalue weighted by Gasteiger charge is -2.33. The van der Waals surface area contributed by atoms with Gasteiger partial charge in [-0.15, -0.1) is 0 Å². The quantitative estimate of drug-likeness (QED) is 0.242. The van der Waals surface area contributed by atoms with Crippen LogP contribution in [-0.4, -0.2) is 56.7 Å². The summed E-state index contributed by atoms with van der Waals surface area (Å²) in [6.45, 7) is 10.3. The lowest BCUT2D eigenvalue weighted by Crippen LogP contribution is -2.43. The van der Waals surface area contributed by atoms with E-state index in [1.807, 2.05) is 81.4 Å². The predicted octanol–water partition coefficient (Wildman–Crippen LogP) is 6.35. The van der Waals surface area contributed by atoms with E-state index in [-0.39, 0.29) is 36.4 Å². The molecule has 0 spiro atoms. The first-order valence-corrected chi connectivity index (χ1v) is 15.1. The highest BCUT2D eigenvalue weighted by molar-refractivity contribution is 5.93. The van der Waals surface area contributed by atoms with Crippen molar-refractivity contribution in [2.75, 3.05) is 19.7 Å². The van der Waals surface area contributed by atoms with E-state index in [2.05, 4.69) is 36.1 Å². The molecule has 0 N–H and O–H groups in total. The van der Waals surface area contributed by atoms with Crippen LogP contribution in [0, 0.1) is 5.41 Å². The summed E-state index contributed by atoms with van der Waals surface area (Å²) in [6, 6.07) is 28.0. The molecule has 1 amide bonds. The topological polar surface area (TPSA) is 76.8 Å². The lowest BCUT2D eigenvalue weighted by atomic mass is 9.95. The van der Waals surface area contributed by atoms with Crippen LogP contribution in [-0.2, 0) is 17.8 Å². The van der Waals surface area contributed by atoms with E-state index in [1.165, 1.54) is 15.7 Å². The molecule has 4 aromatic rings. The van der Waals surface area contributed by atoms with Gasteiger partial charge in [0.2, 0.25) is 5.91 Å². The summed E-state index contributed by atoms with van der Waals surface area (Å²) in [6.07, 6.45) is 0.884. The zero-order valence-corrected chi connectivity index (χ0v) is 25.6. The summed E-state index contributed by atoms with van der Waals surface area (Å²) in [5, 5.41) is 0. The number of carbonyl (C=O) groups is 2. The van der Waals surface area contributed by atoms with Crippen molar-refractivity contribution in [3.05, 3.63) is 107 Å². The third-order valence-corrected chi connectivity index (χ3v) is 8.24. The van der Waals surface area contributed by atoms with Crippen LogP contribution in [0.4, 0.5) is 4.79 Å². The Morgan fingerprint density at radius 3 is 1.88 bits per heavy atom. The molecule has 3 aromatic carbocycles. The molecule has 1 aliphatic heterocycles. The molecule has 5 rings (SSSR count). The number of ether oxygens (including phenoxy) is 1. The maximum absolute atomic E-state index is 13.6. The lowest BCUT2D eigenvalue weighted by molar-refractivity contribution is 0.0567. The molecule has 0 aliphatic carbocycles. The van der Waals surface area contributed by atoms with Crippen molar-refractivity contribution in [3.8, 4) is 0 Å². The number of piperidine rings is 1. The second-order valence-electron chi connectivity index (χ2n) is 12.6. The summed E-state index contributed by atoms with van der Waals surface area (Å²) < 4.78 is 8.89. The zero-order valence-electron chi connectivity index (χ0n) is 25.6. The average molecular weight is 583 g/mol. The summed E-state index contributed by atoms with van der Waals surface area (Å²) in [7, 11) is 0. The first-order chi connectivity index (χ1) is 20.6. The van der Waals surface area contributed by atoms with E-state index in [1.54, 1.807) is 9.47 Å². The van der Waals surface area contributed by atoms with Crippen molar-refractivity contribution in [1.82, 2.24) is 18.9 Å². The van der Waals surface area contributed by atoms with Crippen LogP contribution in [0.1, 0.15) is 62.5 Å². The molecule has 1 saturated heterocycles. The summed E-state index contributed by atoms with van der Waals surface area (Å²) in [4.78, 5) is 44.0. The molecule has 0 unspecified atom stereocenters. The molecule has 1 atom stereocenters. The van der Waals surface area contributed by atoms with Gasteiger partial charge in [-0.1, -0.05) is 93.6 Å². The molecule has 43 heavy (non-hydrogen) atoms. The largest absolute Gasteiger partial charge is 0.448 e. The molecule has 0 radical (unpaired) electrons. The molecule has 1 fully saturated rings. The average Bonchev–Trinajstić information content (AvgIpc) is 3.31. The second-order valence-corrected chi connectivity index (χ2v) is 12.6. The van der Waals surface area contributed by atoms with Crippen molar-refractivity contribution >= 4 is 23.0 Å². The number of rotatable bonds is 8. The predicted molar refractivity (Wildman–Crippen MR) is 169 cm³/mol. The Morgan fingerprint density at radius 2 is 1.35 bits per heavy atom. The molecular formula is C35H42N4O4. The molecule has 1 aromatic heterocycles. The summed E-state index contributed by atoms with van der Waals surface area (Å²) in [5.41, 5.74) is 2.78. The number of hydrogen-bond donors (Lipinski definition) is 0. The first-order valence-electron chi connectivity index (χ1n) is 15.1. The highest BCUT2D eigenvalue weighted by Crippen LogP contribution is 2.28. The van der Waals surface area contributed by atoms with Gasteiger partial charge in [0.25, 0.3) is 0 Å². The van der Waals surface area contributed by atoms with Gasteiger partial charge in [0.1, 0.15) is 6.61 Å². The van der Waals surface area contributed by atoms with Crippen LogP contribution in [0.15, 0.2) is 89.7 Å². The third kappa shape index (κ3) is 6.91. The molecule has 8 heteroatoms. The van der Waals surface area contributed by atoms with E-state index in [0.29, 0.717) is 31.4 Å². The van der Waals surface area contributed by atoms with Crippen molar-refractivity contribution in [2.45, 2.75) is 65.7 Å². The Morgan fingerprint density at radius 1 is 0.837 bits per heavy atom. The molecular weight excluding hydrogens is 540 g/mol. The number of likely N-dealkylation sites (tertiary alicyclic amines) is 1. The van der Waals surface area contributed by atoms with E-state index in [0.717, 1.165) is 18.6 Å². The Balaban J connectivity index is 1.23. The standard InChI is InChI=1S/C35H42N4O4/c1-26(37(23-27-13-7-5-8-14-27)24-28-15-9-6-10-16-28)25-43-34(42)36-21-19-29(20-22-36)38-30-17-11-12-18-31(30)39(33(38)41)32(40)35(2,3)4/h5-18,26,29H,19-25H2,1-4H3/t26-/m0/s1. The van der Waals surface area contributed by atoms with Gasteiger partial charge in [-0.2, -0.15) is 0 Å². The Kier molecular flexibility index (Phi) is 9.16. The van der Waals surface area contributed by atoms with Crippen LogP contribution in [0.5, 0.6) is 0 Å². The fourth-order valence-electron chi connectivity index (χ4n) is 5.75. The van der Waals surface area contributed by atoms with Crippen molar-refractivity contribution < 1.29 is 14.3 Å². The maximum Gasteiger partial charge on any atom is 0.409 e. The van der Waals surface area contributed by atoms with Gasteiger partial charge >= 0.3 is 11.8 Å². The SMILES string of the molecule is C[C@@H](COC(=O)N1CCC(n2c(=O)n(C(=O)C(C)(C)C)c3ccccc32)CC1)N(Cc1ccccc1)Cc1ccccc1. The highest BCUT2D eigenvalue weighted by Gasteiger charge is 2.32. The number of amides is 1. The Hall–Kier alpha value is -4.17. The van der Waals surface area contributed by atoms with Crippen LogP contribution < -0.4 is 5.69 Å². The van der Waals surface area contributed by atoms with Gasteiger partial charge in [-0.25, -0.2) is 14.2 Å². The normalized spacial score (nSPS) is 15.1. The van der Waals surface area contributed by atoms with E-state index in [9.17, 15) is 14.4 Å². The molecule has 8 nitrogen and oxygen atoms in total. The molecule has 0 bridgehead atoms. The first kappa shape index (κ1) is 30.3. The number of nitrogens with zero attached hydrogens (tertiary/aromatic N) is 4. The highest BCUT2D eigenvalue weighted by atomic mass is 16.6. The molecule has 0 saturated carbocycles. The second kappa shape index (κ2) is 13.0. The number of fused-ring (bicyclic) bond motifs is 1. The van der Waals surface area contributed by atoms with Crippen LogP contribution in [0.2, 0.25) is 0 Å². The van der Waals surface area contributed by atoms with Crippen molar-refractivity contribution in [1.29, 1.82) is 0 Å². The number of aromatic nitrogens is 2. The minimum atomic E-state index is -0.694. The Bertz CT molecular complexity index is 1550. The number of imidazole rings is 1. The Labute approximate surface area is 253 Å². The molecule has 1 aliphatic rings. The number of para-hydroxylation sites is 2. The fraction of sp³-hybridized carbons (Fsp3) is 0.400. The number of benzene rings is 3. The summed E-state index contributed by atoms with van der Waals surface area (Å²) in [5.74, 6) is -0.226. The van der Waals surface area contributed by atoms with E-state index in [4.69, 9.17) is 4.74 Å². The fourth-order valence-corrected chi connectivity index (χ4v) is 5.75. The molecule has 226 valence electrons. The maximum atomic E-state index is 13.6. The van der Waals surface area contributed by atoms with Crippen LogP contribution in [0.25, 0.3) is 11.0 Å². The molecule has 2 heterocycles. The van der Waals surface area contributed by atoms with Gasteiger partial charge in [0.05, 0.1) is 11.0 Å². The van der Waals surface area contributed by atoms with Crippen molar-refractivity contribution in [3.63, 3.8) is 0 Å². The number of carbonyl (C=O) groups excluding carboxylic acids is 2. The minimum absolute atomic E-state index is 0.00645. The monoisotopic (exact) mass is 582 g/mol. The summed E-state index contributed by atoms with van der Waals surface area (Å²) >= 11 is 0. The van der Waals surface area contributed by atoms with Crippen molar-refractivity contribution in [2.24, 2.45) is 5.41 Å². The van der Waals surface area contributed by atoms with Crippen LogP contribution >= 0.6 is 0 Å². The zero-order chi connectivity index (χ0) is 30.6. The van der Waals surface area contributed by atoms with Gasteiger partial charge in [0.15, 0.2) is 0 Å². The van der Waals surface area contributed by atoms with Gasteiger partial charge < -0.3 is 9.64 Å². The van der Waals surface area contributed by atoms with Crippen LogP contribution in [0.3, 0.4) is 0 Å². The van der Waals surface area contributed by atoms with Gasteiger partial charge in [-0.05, 0) is 43.0 Å². The van der Waals surface area contributed by atoms with Gasteiger partial charge in [-0.3, -0.25) is 14.3 Å². The van der Waals surface area contributed by atoms with Gasteiger partial charge in [0, 0.05) is 43.7 Å². The third-order valence-electron chi connectivity index (χ3n) is 8.24. The smallest absolute Gasteiger partial charge is 0.409 e. The minimum Gasteiger partial charge on any atom is -0.448 e.